The van der Waals surface area contributed by atoms with Crippen molar-refractivity contribution in [2.24, 2.45) is 5.92 Å². The summed E-state index contributed by atoms with van der Waals surface area (Å²) in [5, 5.41) is 0. The molecule has 1 saturated heterocycles. The molecule has 1 aromatic rings. The lowest BCUT2D eigenvalue weighted by Crippen LogP contribution is -2.47. The smallest absolute Gasteiger partial charge is 0.248 e. The van der Waals surface area contributed by atoms with Gasteiger partial charge in [0.25, 0.3) is 0 Å². The van der Waals surface area contributed by atoms with Crippen LogP contribution in [0.25, 0.3) is 0 Å². The fraction of sp³-hybridized carbons (Fsp3) is 0.611. The molecule has 2 aliphatic heterocycles. The van der Waals surface area contributed by atoms with Crippen LogP contribution in [0.5, 0.6) is 0 Å². The van der Waals surface area contributed by atoms with Crippen LogP contribution >= 0.6 is 0 Å². The Kier molecular flexibility index (Phi) is 4.92. The van der Waals surface area contributed by atoms with Gasteiger partial charge in [0.2, 0.25) is 15.9 Å². The summed E-state index contributed by atoms with van der Waals surface area (Å²) in [6.45, 7) is 5.61. The second kappa shape index (κ2) is 6.70. The van der Waals surface area contributed by atoms with E-state index < -0.39 is 15.6 Å². The summed E-state index contributed by atoms with van der Waals surface area (Å²) in [6, 6.07) is 7.22. The highest BCUT2D eigenvalue weighted by atomic mass is 32.2. The number of rotatable bonds is 5. The quantitative estimate of drug-likeness (QED) is 0.797. The van der Waals surface area contributed by atoms with Gasteiger partial charge in [-0.3, -0.25) is 4.79 Å². The molecule has 25 heavy (non-hydrogen) atoms. The number of hydrogen-bond acceptors (Lipinski definition) is 4. The van der Waals surface area contributed by atoms with Crippen LogP contribution in [-0.4, -0.2) is 56.9 Å². The number of amides is 1. The van der Waals surface area contributed by atoms with E-state index in [0.717, 1.165) is 12.0 Å². The number of methoxy groups -OCH3 is 1. The van der Waals surface area contributed by atoms with Gasteiger partial charge in [-0.2, -0.15) is 4.31 Å². The Labute approximate surface area is 149 Å². The number of benzene rings is 1. The molecule has 0 unspecified atom stereocenters. The van der Waals surface area contributed by atoms with Gasteiger partial charge in [0.05, 0.1) is 10.4 Å². The zero-order valence-electron chi connectivity index (χ0n) is 15.1. The third-order valence-corrected chi connectivity index (χ3v) is 7.24. The number of nitrogens with zero attached hydrogens (tertiary/aromatic N) is 2. The number of carbonyl (C=O) groups excluding carboxylic acids is 1. The molecule has 7 heteroatoms. The maximum absolute atomic E-state index is 13.2. The average molecular weight is 366 g/mol. The molecule has 1 fully saturated rings. The van der Waals surface area contributed by atoms with Gasteiger partial charge in [-0.15, -0.1) is 0 Å². The second-order valence-electron chi connectivity index (χ2n) is 7.29. The van der Waals surface area contributed by atoms with Crippen LogP contribution in [0.3, 0.4) is 0 Å². The Morgan fingerprint density at radius 2 is 2.04 bits per heavy atom. The molecule has 0 N–H and O–H groups in total. The number of ether oxygens (including phenoxy) is 1. The van der Waals surface area contributed by atoms with Gasteiger partial charge in [-0.05, 0) is 30.4 Å². The molecule has 6 nitrogen and oxygen atoms in total. The van der Waals surface area contributed by atoms with E-state index in [1.807, 2.05) is 12.1 Å². The monoisotopic (exact) mass is 366 g/mol. The van der Waals surface area contributed by atoms with Crippen molar-refractivity contribution < 1.29 is 17.9 Å². The highest BCUT2D eigenvalue weighted by Crippen LogP contribution is 2.49. The van der Waals surface area contributed by atoms with E-state index in [-0.39, 0.29) is 12.5 Å². The predicted octanol–water partition coefficient (Wildman–Crippen LogP) is 1.81. The van der Waals surface area contributed by atoms with E-state index in [0.29, 0.717) is 36.9 Å². The Bertz CT molecular complexity index is 762. The number of hydrogen-bond donors (Lipinski definition) is 0. The van der Waals surface area contributed by atoms with Crippen LogP contribution < -0.4 is 0 Å². The fourth-order valence-corrected chi connectivity index (χ4v) is 5.99. The normalized spacial score (nSPS) is 25.0. The van der Waals surface area contributed by atoms with Gasteiger partial charge in [-0.25, -0.2) is 8.42 Å². The molecular formula is C18H26N2O4S. The molecule has 1 spiro atoms. The van der Waals surface area contributed by atoms with Gasteiger partial charge in [0.15, 0.2) is 0 Å². The summed E-state index contributed by atoms with van der Waals surface area (Å²) in [5.41, 5.74) is 0.180. The minimum absolute atomic E-state index is 0.0243. The van der Waals surface area contributed by atoms with E-state index in [4.69, 9.17) is 4.74 Å². The van der Waals surface area contributed by atoms with Crippen LogP contribution in [0.1, 0.15) is 32.3 Å². The first-order valence-electron chi connectivity index (χ1n) is 8.72. The standard InChI is InChI=1S/C18H26N2O4S/c1-14(2)8-10-20-18(9-11-19(13-18)17(21)12-24-3)15-6-4-5-7-16(15)25(20,22)23/h4-7,14H,8-13H2,1-3H3/t18-/m0/s1. The van der Waals surface area contributed by atoms with Crippen molar-refractivity contribution >= 4 is 15.9 Å². The molecule has 0 radical (unpaired) electrons. The van der Waals surface area contributed by atoms with Crippen molar-refractivity contribution in [1.29, 1.82) is 0 Å². The number of fused-ring (bicyclic) bond motifs is 2. The summed E-state index contributed by atoms with van der Waals surface area (Å²) in [6.07, 6.45) is 1.41. The molecule has 1 aromatic carbocycles. The average Bonchev–Trinajstić information content (AvgIpc) is 3.07. The summed E-state index contributed by atoms with van der Waals surface area (Å²) in [4.78, 5) is 14.4. The minimum Gasteiger partial charge on any atom is -0.375 e. The predicted molar refractivity (Wildman–Crippen MR) is 94.5 cm³/mol. The van der Waals surface area contributed by atoms with Crippen molar-refractivity contribution in [2.75, 3.05) is 33.4 Å². The van der Waals surface area contributed by atoms with Gasteiger partial charge >= 0.3 is 0 Å². The molecule has 0 aliphatic carbocycles. The van der Waals surface area contributed by atoms with E-state index in [9.17, 15) is 13.2 Å². The second-order valence-corrected chi connectivity index (χ2v) is 9.12. The summed E-state index contributed by atoms with van der Waals surface area (Å²) >= 11 is 0. The summed E-state index contributed by atoms with van der Waals surface area (Å²) in [7, 11) is -2.04. The van der Waals surface area contributed by atoms with Crippen molar-refractivity contribution in [3.63, 3.8) is 0 Å². The summed E-state index contributed by atoms with van der Waals surface area (Å²) < 4.78 is 32.9. The molecule has 138 valence electrons. The largest absolute Gasteiger partial charge is 0.375 e. The number of carbonyl (C=O) groups is 1. The Hall–Kier alpha value is -1.44. The van der Waals surface area contributed by atoms with E-state index >= 15 is 0 Å². The summed E-state index contributed by atoms with van der Waals surface area (Å²) in [5.74, 6) is 0.313. The van der Waals surface area contributed by atoms with Crippen LogP contribution in [0.2, 0.25) is 0 Å². The SMILES string of the molecule is COCC(=O)N1CC[C@]2(C1)c1ccccc1S(=O)(=O)N2CCC(C)C. The molecule has 0 aromatic heterocycles. The van der Waals surface area contributed by atoms with Crippen molar-refractivity contribution in [1.82, 2.24) is 9.21 Å². The highest BCUT2D eigenvalue weighted by Gasteiger charge is 2.56. The lowest BCUT2D eigenvalue weighted by molar-refractivity contribution is -0.134. The van der Waals surface area contributed by atoms with E-state index in [2.05, 4.69) is 13.8 Å². The molecule has 3 rings (SSSR count). The Morgan fingerprint density at radius 1 is 1.32 bits per heavy atom. The molecule has 2 aliphatic rings. The van der Waals surface area contributed by atoms with E-state index in [1.165, 1.54) is 7.11 Å². The number of likely N-dealkylation sites (tertiary alicyclic amines) is 1. The van der Waals surface area contributed by atoms with E-state index in [1.54, 1.807) is 21.3 Å². The third-order valence-electron chi connectivity index (χ3n) is 5.21. The zero-order chi connectivity index (χ0) is 18.2. The molecular weight excluding hydrogens is 340 g/mol. The van der Waals surface area contributed by atoms with Crippen molar-refractivity contribution in [3.8, 4) is 0 Å². The Morgan fingerprint density at radius 3 is 2.72 bits per heavy atom. The maximum atomic E-state index is 13.2. The van der Waals surface area contributed by atoms with Gasteiger partial charge < -0.3 is 9.64 Å². The topological polar surface area (TPSA) is 66.9 Å². The van der Waals surface area contributed by atoms with Crippen LogP contribution in [0, 0.1) is 5.92 Å². The molecule has 1 atom stereocenters. The first-order chi connectivity index (χ1) is 11.8. The molecule has 0 saturated carbocycles. The van der Waals surface area contributed by atoms with Crippen LogP contribution in [0.15, 0.2) is 29.2 Å². The lowest BCUT2D eigenvalue weighted by Gasteiger charge is -2.34. The van der Waals surface area contributed by atoms with Crippen molar-refractivity contribution in [3.05, 3.63) is 29.8 Å². The van der Waals surface area contributed by atoms with Crippen LogP contribution in [-0.2, 0) is 25.1 Å². The van der Waals surface area contributed by atoms with Gasteiger partial charge in [-0.1, -0.05) is 32.0 Å². The Balaban J connectivity index is 2.01. The first-order valence-corrected chi connectivity index (χ1v) is 10.2. The molecule has 1 amide bonds. The lowest BCUT2D eigenvalue weighted by atomic mass is 9.88. The minimum atomic E-state index is -3.53. The molecule has 0 bridgehead atoms. The first kappa shape index (κ1) is 18.4. The van der Waals surface area contributed by atoms with Crippen molar-refractivity contribution in [2.45, 2.75) is 37.1 Å². The third kappa shape index (κ3) is 2.98. The zero-order valence-corrected chi connectivity index (χ0v) is 15.9. The van der Waals surface area contributed by atoms with Crippen LogP contribution in [0.4, 0.5) is 0 Å². The van der Waals surface area contributed by atoms with Gasteiger partial charge in [0.1, 0.15) is 6.61 Å². The van der Waals surface area contributed by atoms with Gasteiger partial charge in [0, 0.05) is 26.7 Å². The fourth-order valence-electron chi connectivity index (χ4n) is 3.91. The number of sulfonamides is 1. The highest BCUT2D eigenvalue weighted by molar-refractivity contribution is 7.89. The molecule has 2 heterocycles. The maximum Gasteiger partial charge on any atom is 0.248 e.